The monoisotopic (exact) mass is 519 g/mol. The van der Waals surface area contributed by atoms with Crippen molar-refractivity contribution in [1.82, 2.24) is 19.6 Å². The van der Waals surface area contributed by atoms with E-state index in [2.05, 4.69) is 111 Å². The molecule has 2 aromatic heterocycles. The van der Waals surface area contributed by atoms with E-state index in [9.17, 15) is 0 Å². The minimum atomic E-state index is 0.981. The Balaban J connectivity index is 1.40. The highest BCUT2D eigenvalue weighted by atomic mass is 15.3. The SMILES string of the molecule is Cc1cc(C)c(N(c2cccc(-n3cc4ccccc4n3)c2)c2cccc(-n3cc4ccccc4n3)c2)c(C)c1. The number of fused-ring (bicyclic) bond motifs is 2. The van der Waals surface area contributed by atoms with Crippen molar-refractivity contribution in [2.45, 2.75) is 20.8 Å². The number of aromatic nitrogens is 4. The molecule has 0 radical (unpaired) electrons. The largest absolute Gasteiger partial charge is 0.310 e. The highest BCUT2D eigenvalue weighted by Gasteiger charge is 2.19. The smallest absolute Gasteiger partial charge is 0.0927 e. The first-order valence-corrected chi connectivity index (χ1v) is 13.5. The lowest BCUT2D eigenvalue weighted by Crippen LogP contribution is -2.14. The lowest BCUT2D eigenvalue weighted by Gasteiger charge is -2.29. The van der Waals surface area contributed by atoms with Crippen molar-refractivity contribution >= 4 is 38.9 Å². The van der Waals surface area contributed by atoms with Gasteiger partial charge in [-0.1, -0.05) is 66.2 Å². The Labute approximate surface area is 233 Å². The van der Waals surface area contributed by atoms with Crippen LogP contribution in [0.15, 0.2) is 122 Å². The average molecular weight is 520 g/mol. The Morgan fingerprint density at radius 3 is 1.48 bits per heavy atom. The molecule has 0 saturated carbocycles. The van der Waals surface area contributed by atoms with Crippen LogP contribution in [-0.2, 0) is 0 Å². The zero-order chi connectivity index (χ0) is 27.2. The molecule has 194 valence electrons. The van der Waals surface area contributed by atoms with Crippen LogP contribution in [0.1, 0.15) is 16.7 Å². The summed E-state index contributed by atoms with van der Waals surface area (Å²) >= 11 is 0. The molecule has 0 aliphatic rings. The Kier molecular flexibility index (Phi) is 5.71. The number of aryl methyl sites for hydroxylation is 3. The maximum absolute atomic E-state index is 4.84. The van der Waals surface area contributed by atoms with Gasteiger partial charge in [-0.05, 0) is 80.4 Å². The second-order valence-electron chi connectivity index (χ2n) is 10.4. The van der Waals surface area contributed by atoms with Gasteiger partial charge in [0.15, 0.2) is 0 Å². The van der Waals surface area contributed by atoms with E-state index in [4.69, 9.17) is 10.2 Å². The molecule has 7 aromatic rings. The van der Waals surface area contributed by atoms with Gasteiger partial charge in [0.1, 0.15) is 0 Å². The quantitative estimate of drug-likeness (QED) is 0.228. The Morgan fingerprint density at radius 1 is 0.525 bits per heavy atom. The second-order valence-corrected chi connectivity index (χ2v) is 10.4. The van der Waals surface area contributed by atoms with E-state index in [0.717, 1.165) is 44.6 Å². The van der Waals surface area contributed by atoms with E-state index in [1.54, 1.807) is 0 Å². The molecule has 0 spiro atoms. The summed E-state index contributed by atoms with van der Waals surface area (Å²) in [5.41, 5.74) is 11.0. The van der Waals surface area contributed by atoms with Gasteiger partial charge in [-0.3, -0.25) is 0 Å². The number of benzene rings is 5. The number of rotatable bonds is 5. The van der Waals surface area contributed by atoms with Crippen molar-refractivity contribution in [2.24, 2.45) is 0 Å². The molecule has 0 bridgehead atoms. The molecule has 0 aliphatic heterocycles. The zero-order valence-electron chi connectivity index (χ0n) is 22.8. The summed E-state index contributed by atoms with van der Waals surface area (Å²) in [6.45, 7) is 6.53. The van der Waals surface area contributed by atoms with Crippen molar-refractivity contribution in [1.29, 1.82) is 0 Å². The number of hydrogen-bond acceptors (Lipinski definition) is 3. The van der Waals surface area contributed by atoms with Crippen LogP contribution < -0.4 is 4.90 Å². The Hall–Kier alpha value is -5.16. The third-order valence-corrected chi connectivity index (χ3v) is 7.39. The van der Waals surface area contributed by atoms with Crippen LogP contribution in [-0.4, -0.2) is 19.6 Å². The highest BCUT2D eigenvalue weighted by Crippen LogP contribution is 2.40. The molecular weight excluding hydrogens is 490 g/mol. The lowest BCUT2D eigenvalue weighted by atomic mass is 10.0. The molecule has 7 rings (SSSR count). The third kappa shape index (κ3) is 4.22. The van der Waals surface area contributed by atoms with Crippen LogP contribution in [0.2, 0.25) is 0 Å². The predicted molar refractivity (Wildman–Crippen MR) is 165 cm³/mol. The molecule has 0 unspecified atom stereocenters. The second kappa shape index (κ2) is 9.54. The van der Waals surface area contributed by atoms with E-state index < -0.39 is 0 Å². The van der Waals surface area contributed by atoms with E-state index in [-0.39, 0.29) is 0 Å². The zero-order valence-corrected chi connectivity index (χ0v) is 22.8. The Bertz CT molecular complexity index is 1810. The first-order valence-electron chi connectivity index (χ1n) is 13.5. The molecule has 5 aromatic carbocycles. The fourth-order valence-electron chi connectivity index (χ4n) is 5.68. The van der Waals surface area contributed by atoms with Crippen molar-refractivity contribution in [3.05, 3.63) is 138 Å². The van der Waals surface area contributed by atoms with E-state index in [0.29, 0.717) is 0 Å². The first-order chi connectivity index (χ1) is 19.5. The maximum Gasteiger partial charge on any atom is 0.0927 e. The van der Waals surface area contributed by atoms with Gasteiger partial charge in [-0.25, -0.2) is 9.36 Å². The van der Waals surface area contributed by atoms with Crippen LogP contribution in [0.3, 0.4) is 0 Å². The number of nitrogens with zero attached hydrogens (tertiary/aromatic N) is 5. The van der Waals surface area contributed by atoms with E-state index >= 15 is 0 Å². The summed E-state index contributed by atoms with van der Waals surface area (Å²) in [4.78, 5) is 2.35. The van der Waals surface area contributed by atoms with E-state index in [1.165, 1.54) is 22.4 Å². The molecule has 2 heterocycles. The standard InChI is InChI=1S/C35H29N5/c1-24-18-25(2)35(26(3)19-24)40(31-14-8-12-29(20-31)38-22-27-10-4-6-16-33(27)36-38)32-15-9-13-30(21-32)39-23-28-11-5-7-17-34(28)37-39/h4-23H,1-3H3. The molecule has 0 N–H and O–H groups in total. The first kappa shape index (κ1) is 23.9. The van der Waals surface area contributed by atoms with Crippen LogP contribution in [0, 0.1) is 20.8 Å². The van der Waals surface area contributed by atoms with Gasteiger partial charge >= 0.3 is 0 Å². The minimum Gasteiger partial charge on any atom is -0.310 e. The predicted octanol–water partition coefficient (Wildman–Crippen LogP) is 8.76. The van der Waals surface area contributed by atoms with Gasteiger partial charge in [0.2, 0.25) is 0 Å². The van der Waals surface area contributed by atoms with Crippen molar-refractivity contribution in [2.75, 3.05) is 4.90 Å². The van der Waals surface area contributed by atoms with Crippen LogP contribution in [0.5, 0.6) is 0 Å². The molecule has 0 fully saturated rings. The number of hydrogen-bond donors (Lipinski definition) is 0. The molecule has 5 heteroatoms. The topological polar surface area (TPSA) is 38.9 Å². The van der Waals surface area contributed by atoms with Gasteiger partial charge in [0.05, 0.1) is 28.1 Å². The molecule has 0 atom stereocenters. The minimum absolute atomic E-state index is 0.981. The maximum atomic E-state index is 4.84. The normalized spacial score (nSPS) is 11.4. The van der Waals surface area contributed by atoms with Crippen molar-refractivity contribution in [3.8, 4) is 11.4 Å². The molecule has 0 saturated heterocycles. The number of anilines is 3. The molecule has 40 heavy (non-hydrogen) atoms. The summed E-state index contributed by atoms with van der Waals surface area (Å²) in [5.74, 6) is 0. The van der Waals surface area contributed by atoms with Crippen LogP contribution in [0.25, 0.3) is 33.2 Å². The fraction of sp³-hybridized carbons (Fsp3) is 0.0857. The van der Waals surface area contributed by atoms with Crippen LogP contribution in [0.4, 0.5) is 17.1 Å². The van der Waals surface area contributed by atoms with Crippen LogP contribution >= 0.6 is 0 Å². The van der Waals surface area contributed by atoms with Gasteiger partial charge in [-0.15, -0.1) is 0 Å². The summed E-state index contributed by atoms with van der Waals surface area (Å²) in [5, 5.41) is 11.9. The molecule has 5 nitrogen and oxygen atoms in total. The summed E-state index contributed by atoms with van der Waals surface area (Å²) in [6, 6.07) is 38.1. The molecular formula is C35H29N5. The highest BCUT2D eigenvalue weighted by molar-refractivity contribution is 5.83. The summed E-state index contributed by atoms with van der Waals surface area (Å²) in [6.07, 6.45) is 4.17. The summed E-state index contributed by atoms with van der Waals surface area (Å²) < 4.78 is 3.93. The van der Waals surface area contributed by atoms with Crippen molar-refractivity contribution < 1.29 is 0 Å². The summed E-state index contributed by atoms with van der Waals surface area (Å²) in [7, 11) is 0. The van der Waals surface area contributed by atoms with Gasteiger partial charge in [0, 0.05) is 34.5 Å². The molecule has 0 aliphatic carbocycles. The average Bonchev–Trinajstić information content (AvgIpc) is 3.60. The lowest BCUT2D eigenvalue weighted by molar-refractivity contribution is 0.894. The fourth-order valence-corrected chi connectivity index (χ4v) is 5.68. The molecule has 0 amide bonds. The van der Waals surface area contributed by atoms with Crippen molar-refractivity contribution in [3.63, 3.8) is 0 Å². The van der Waals surface area contributed by atoms with Gasteiger partial charge in [0.25, 0.3) is 0 Å². The van der Waals surface area contributed by atoms with Gasteiger partial charge in [-0.2, -0.15) is 10.2 Å². The Morgan fingerprint density at radius 2 is 1.00 bits per heavy atom. The van der Waals surface area contributed by atoms with E-state index in [1.807, 2.05) is 45.8 Å². The van der Waals surface area contributed by atoms with Gasteiger partial charge < -0.3 is 4.90 Å². The third-order valence-electron chi connectivity index (χ3n) is 7.39.